The molecule has 0 heterocycles. The van der Waals surface area contributed by atoms with E-state index in [4.69, 9.17) is 9.47 Å². The number of hydrogen-bond donors (Lipinski definition) is 0. The van der Waals surface area contributed by atoms with E-state index < -0.39 is 6.29 Å². The zero-order chi connectivity index (χ0) is 9.40. The first-order chi connectivity index (χ1) is 5.79. The molecule has 0 unspecified atom stereocenters. The van der Waals surface area contributed by atoms with Crippen LogP contribution < -0.4 is 0 Å². The molecule has 1 atom stereocenters. The summed E-state index contributed by atoms with van der Waals surface area (Å²) in [7, 11) is 0. The molecule has 0 rings (SSSR count). The second kappa shape index (κ2) is 7.71. The summed E-state index contributed by atoms with van der Waals surface area (Å²) in [6.07, 6.45) is 0.446. The van der Waals surface area contributed by atoms with Crippen molar-refractivity contribution in [2.24, 2.45) is 5.92 Å². The molecule has 0 aromatic carbocycles. The van der Waals surface area contributed by atoms with Gasteiger partial charge in [0.25, 0.3) is 0 Å². The third-order valence-corrected chi connectivity index (χ3v) is 2.11. The maximum absolute atomic E-state index is 10.5. The molecular weight excluding hydrogens is 224 g/mol. The maximum atomic E-state index is 10.5. The van der Waals surface area contributed by atoms with E-state index in [1.807, 2.05) is 13.8 Å². The average Bonchev–Trinajstić information content (AvgIpc) is 2.07. The highest BCUT2D eigenvalue weighted by Crippen LogP contribution is 2.10. The van der Waals surface area contributed by atoms with E-state index in [-0.39, 0.29) is 5.92 Å². The summed E-state index contributed by atoms with van der Waals surface area (Å²) in [5, 5.41) is 0.571. The van der Waals surface area contributed by atoms with Gasteiger partial charge in [-0.25, -0.2) is 0 Å². The van der Waals surface area contributed by atoms with Crippen molar-refractivity contribution in [1.82, 2.24) is 0 Å². The van der Waals surface area contributed by atoms with Crippen molar-refractivity contribution in [3.8, 4) is 0 Å². The van der Waals surface area contributed by atoms with Gasteiger partial charge in [0.05, 0.1) is 5.92 Å². The summed E-state index contributed by atoms with van der Waals surface area (Å²) < 4.78 is 10.5. The SMILES string of the molecule is CCOC(OCC)[C@H](C=O)CBr. The first-order valence-electron chi connectivity index (χ1n) is 4.04. The summed E-state index contributed by atoms with van der Waals surface area (Å²) in [6, 6.07) is 0. The number of carbonyl (C=O) groups is 1. The molecule has 0 spiro atoms. The molecule has 72 valence electrons. The zero-order valence-corrected chi connectivity index (χ0v) is 9.04. The van der Waals surface area contributed by atoms with Crippen molar-refractivity contribution in [1.29, 1.82) is 0 Å². The fourth-order valence-corrected chi connectivity index (χ4v) is 1.25. The van der Waals surface area contributed by atoms with Crippen LogP contribution in [0.4, 0.5) is 0 Å². The lowest BCUT2D eigenvalue weighted by atomic mass is 10.2. The molecule has 0 aromatic rings. The van der Waals surface area contributed by atoms with Crippen LogP contribution in [0.15, 0.2) is 0 Å². The molecule has 0 aliphatic rings. The van der Waals surface area contributed by atoms with Gasteiger partial charge in [0.1, 0.15) is 6.29 Å². The molecule has 0 bridgehead atoms. The van der Waals surface area contributed by atoms with Gasteiger partial charge >= 0.3 is 0 Å². The van der Waals surface area contributed by atoms with Crippen LogP contribution in [-0.4, -0.2) is 31.1 Å². The molecule has 4 heteroatoms. The number of halogens is 1. The Balaban J connectivity index is 3.94. The third kappa shape index (κ3) is 4.18. The molecule has 0 aromatic heterocycles. The fourth-order valence-electron chi connectivity index (χ4n) is 0.797. The second-order valence-electron chi connectivity index (χ2n) is 2.23. The Morgan fingerprint density at radius 2 is 1.83 bits per heavy atom. The fraction of sp³-hybridized carbons (Fsp3) is 0.875. The molecule has 0 aliphatic heterocycles. The standard InChI is InChI=1S/C8H15BrO3/c1-3-11-8(12-4-2)7(5-9)6-10/h6-8H,3-5H2,1-2H3/t7-/m0/s1. The van der Waals surface area contributed by atoms with Gasteiger partial charge < -0.3 is 14.3 Å². The molecule has 12 heavy (non-hydrogen) atoms. The third-order valence-electron chi connectivity index (χ3n) is 1.36. The van der Waals surface area contributed by atoms with Crippen molar-refractivity contribution >= 4 is 22.2 Å². The van der Waals surface area contributed by atoms with Gasteiger partial charge in [-0.2, -0.15) is 0 Å². The van der Waals surface area contributed by atoms with Gasteiger partial charge in [0.15, 0.2) is 6.29 Å². The van der Waals surface area contributed by atoms with E-state index in [1.165, 1.54) is 0 Å². The predicted molar refractivity (Wildman–Crippen MR) is 50.4 cm³/mol. The smallest absolute Gasteiger partial charge is 0.167 e. The Hall–Kier alpha value is 0.0700. The summed E-state index contributed by atoms with van der Waals surface area (Å²) >= 11 is 3.23. The first-order valence-corrected chi connectivity index (χ1v) is 5.16. The molecule has 0 radical (unpaired) electrons. The quantitative estimate of drug-likeness (QED) is 0.384. The van der Waals surface area contributed by atoms with Crippen molar-refractivity contribution in [2.45, 2.75) is 20.1 Å². The summed E-state index contributed by atoms with van der Waals surface area (Å²) in [6.45, 7) is 4.87. The number of ether oxygens (including phenoxy) is 2. The number of rotatable bonds is 7. The Bertz CT molecular complexity index is 113. The van der Waals surface area contributed by atoms with Crippen LogP contribution in [0.25, 0.3) is 0 Å². The van der Waals surface area contributed by atoms with E-state index in [1.54, 1.807) is 0 Å². The highest BCUT2D eigenvalue weighted by molar-refractivity contribution is 9.09. The van der Waals surface area contributed by atoms with Gasteiger partial charge in [-0.1, -0.05) is 15.9 Å². The van der Waals surface area contributed by atoms with Crippen LogP contribution in [0.1, 0.15) is 13.8 Å². The Kier molecular flexibility index (Phi) is 7.75. The predicted octanol–water partition coefficient (Wildman–Crippen LogP) is 1.60. The zero-order valence-electron chi connectivity index (χ0n) is 7.46. The minimum Gasteiger partial charge on any atom is -0.352 e. The minimum absolute atomic E-state index is 0.218. The molecule has 0 N–H and O–H groups in total. The van der Waals surface area contributed by atoms with E-state index in [2.05, 4.69) is 15.9 Å². The lowest BCUT2D eigenvalue weighted by molar-refractivity contribution is -0.164. The van der Waals surface area contributed by atoms with E-state index in [0.29, 0.717) is 18.5 Å². The minimum atomic E-state index is -0.406. The largest absolute Gasteiger partial charge is 0.352 e. The second-order valence-corrected chi connectivity index (χ2v) is 2.88. The van der Waals surface area contributed by atoms with Crippen LogP contribution in [0.5, 0.6) is 0 Å². The normalized spacial score (nSPS) is 13.3. The van der Waals surface area contributed by atoms with Crippen molar-refractivity contribution < 1.29 is 14.3 Å². The topological polar surface area (TPSA) is 35.5 Å². The van der Waals surface area contributed by atoms with Crippen LogP contribution in [0.3, 0.4) is 0 Å². The molecule has 0 aliphatic carbocycles. The van der Waals surface area contributed by atoms with E-state index in [0.717, 1.165) is 6.29 Å². The van der Waals surface area contributed by atoms with E-state index in [9.17, 15) is 4.79 Å². The maximum Gasteiger partial charge on any atom is 0.167 e. The summed E-state index contributed by atoms with van der Waals surface area (Å²) in [4.78, 5) is 10.5. The molecule has 0 fully saturated rings. The van der Waals surface area contributed by atoms with Gasteiger partial charge in [-0.15, -0.1) is 0 Å². The Morgan fingerprint density at radius 3 is 2.08 bits per heavy atom. The van der Waals surface area contributed by atoms with Gasteiger partial charge in [0.2, 0.25) is 0 Å². The van der Waals surface area contributed by atoms with Crippen molar-refractivity contribution in [3.05, 3.63) is 0 Å². The van der Waals surface area contributed by atoms with E-state index >= 15 is 0 Å². The average molecular weight is 239 g/mol. The molecule has 3 nitrogen and oxygen atoms in total. The number of hydrogen-bond acceptors (Lipinski definition) is 3. The van der Waals surface area contributed by atoms with Crippen molar-refractivity contribution in [3.63, 3.8) is 0 Å². The highest BCUT2D eigenvalue weighted by Gasteiger charge is 2.20. The van der Waals surface area contributed by atoms with Crippen LogP contribution in [-0.2, 0) is 14.3 Å². The van der Waals surface area contributed by atoms with Crippen LogP contribution >= 0.6 is 15.9 Å². The van der Waals surface area contributed by atoms with Crippen LogP contribution in [0, 0.1) is 5.92 Å². The van der Waals surface area contributed by atoms with Gasteiger partial charge in [-0.3, -0.25) is 0 Å². The number of alkyl halides is 1. The van der Waals surface area contributed by atoms with Crippen LogP contribution in [0.2, 0.25) is 0 Å². The van der Waals surface area contributed by atoms with Gasteiger partial charge in [-0.05, 0) is 13.8 Å². The lowest BCUT2D eigenvalue weighted by Gasteiger charge is -2.20. The van der Waals surface area contributed by atoms with Gasteiger partial charge in [0, 0.05) is 18.5 Å². The molecule has 0 amide bonds. The molecular formula is C8H15BrO3. The monoisotopic (exact) mass is 238 g/mol. The molecule has 0 saturated heterocycles. The molecule has 0 saturated carbocycles. The summed E-state index contributed by atoms with van der Waals surface area (Å²) in [5.74, 6) is -0.218. The van der Waals surface area contributed by atoms with Crippen molar-refractivity contribution in [2.75, 3.05) is 18.5 Å². The Morgan fingerprint density at radius 1 is 1.33 bits per heavy atom. The number of aldehydes is 1. The lowest BCUT2D eigenvalue weighted by Crippen LogP contribution is -2.29. The number of carbonyl (C=O) groups excluding carboxylic acids is 1. The Labute approximate surface area is 81.6 Å². The first kappa shape index (κ1) is 12.1. The summed E-state index contributed by atoms with van der Waals surface area (Å²) in [5.41, 5.74) is 0. The highest BCUT2D eigenvalue weighted by atomic mass is 79.9.